The Kier molecular flexibility index (Phi) is 3.54. The zero-order chi connectivity index (χ0) is 13.9. The predicted octanol–water partition coefficient (Wildman–Crippen LogP) is 3.82. The van der Waals surface area contributed by atoms with Gasteiger partial charge in [-0.25, -0.2) is 0 Å². The molecule has 2 heteroatoms. The Morgan fingerprint density at radius 1 is 0.900 bits per heavy atom. The highest BCUT2D eigenvalue weighted by atomic mass is 14.7. The van der Waals surface area contributed by atoms with Crippen LogP contribution in [0.1, 0.15) is 36.3 Å². The zero-order valence-electron chi connectivity index (χ0n) is 11.4. The predicted molar refractivity (Wildman–Crippen MR) is 81.2 cm³/mol. The van der Waals surface area contributed by atoms with E-state index in [1.165, 1.54) is 24.0 Å². The Balaban J connectivity index is 1.83. The summed E-state index contributed by atoms with van der Waals surface area (Å²) in [5.74, 6) is 0.519. The van der Waals surface area contributed by atoms with Gasteiger partial charge < -0.3 is 5.73 Å². The van der Waals surface area contributed by atoms with Crippen LogP contribution in [0.3, 0.4) is 0 Å². The number of hydrogen-bond acceptors (Lipinski definition) is 2. The first-order chi connectivity index (χ1) is 9.78. The summed E-state index contributed by atoms with van der Waals surface area (Å²) < 4.78 is 0. The van der Waals surface area contributed by atoms with E-state index in [2.05, 4.69) is 30.3 Å². The van der Waals surface area contributed by atoms with Gasteiger partial charge in [0.2, 0.25) is 0 Å². The second-order valence-electron chi connectivity index (χ2n) is 5.51. The molecule has 0 bridgehead atoms. The van der Waals surface area contributed by atoms with E-state index in [4.69, 9.17) is 11.0 Å². The molecule has 1 aliphatic rings. The molecule has 2 atom stereocenters. The average molecular weight is 262 g/mol. The first-order valence-corrected chi connectivity index (χ1v) is 7.14. The number of hydrogen-bond donors (Lipinski definition) is 1. The van der Waals surface area contributed by atoms with Gasteiger partial charge in [0.25, 0.3) is 0 Å². The van der Waals surface area contributed by atoms with Crippen molar-refractivity contribution in [2.45, 2.75) is 31.2 Å². The smallest absolute Gasteiger partial charge is 0.0991 e. The fraction of sp³-hybridized carbons (Fsp3) is 0.278. The van der Waals surface area contributed by atoms with E-state index in [9.17, 15) is 0 Å². The van der Waals surface area contributed by atoms with Crippen molar-refractivity contribution in [3.8, 4) is 17.2 Å². The van der Waals surface area contributed by atoms with E-state index in [0.717, 1.165) is 12.0 Å². The Bertz CT molecular complexity index is 620. The van der Waals surface area contributed by atoms with E-state index in [1.807, 2.05) is 24.3 Å². The third-order valence-electron chi connectivity index (χ3n) is 4.26. The molecular weight excluding hydrogens is 244 g/mol. The maximum atomic E-state index is 8.82. The number of nitriles is 1. The van der Waals surface area contributed by atoms with Crippen molar-refractivity contribution in [2.24, 2.45) is 5.73 Å². The topological polar surface area (TPSA) is 49.8 Å². The summed E-state index contributed by atoms with van der Waals surface area (Å²) in [6.45, 7) is 0. The van der Waals surface area contributed by atoms with Crippen LogP contribution < -0.4 is 5.73 Å². The largest absolute Gasteiger partial charge is 0.327 e. The molecule has 0 amide bonds. The van der Waals surface area contributed by atoms with Crippen LogP contribution in [-0.4, -0.2) is 6.04 Å². The molecule has 1 fully saturated rings. The van der Waals surface area contributed by atoms with Gasteiger partial charge in [-0.2, -0.15) is 5.26 Å². The second-order valence-corrected chi connectivity index (χ2v) is 5.51. The molecule has 2 aromatic rings. The molecule has 0 saturated heterocycles. The lowest BCUT2D eigenvalue weighted by atomic mass is 9.92. The summed E-state index contributed by atoms with van der Waals surface area (Å²) in [4.78, 5) is 0. The normalized spacial score (nSPS) is 21.6. The quantitative estimate of drug-likeness (QED) is 0.894. The lowest BCUT2D eigenvalue weighted by Crippen LogP contribution is -2.22. The standard InChI is InChI=1S/C18H18N2/c19-12-13-4-6-14(7-5-13)15-8-10-16(11-9-15)17-2-1-3-18(17)20/h4-11,17-18H,1-3,20H2. The number of nitrogens with two attached hydrogens (primary N) is 1. The van der Waals surface area contributed by atoms with Crippen LogP contribution in [0.15, 0.2) is 48.5 Å². The molecular formula is C18H18N2. The third kappa shape index (κ3) is 2.45. The number of nitrogens with zero attached hydrogens (tertiary/aromatic N) is 1. The van der Waals surface area contributed by atoms with Crippen LogP contribution in [0.2, 0.25) is 0 Å². The van der Waals surface area contributed by atoms with Gasteiger partial charge in [0, 0.05) is 6.04 Å². The molecule has 2 aromatic carbocycles. The Morgan fingerprint density at radius 2 is 1.50 bits per heavy atom. The maximum absolute atomic E-state index is 8.82. The van der Waals surface area contributed by atoms with E-state index >= 15 is 0 Å². The summed E-state index contributed by atoms with van der Waals surface area (Å²) in [5, 5.41) is 8.82. The molecule has 0 aromatic heterocycles. The highest BCUT2D eigenvalue weighted by Crippen LogP contribution is 2.34. The van der Waals surface area contributed by atoms with Gasteiger partial charge in [-0.1, -0.05) is 42.8 Å². The lowest BCUT2D eigenvalue weighted by molar-refractivity contribution is 0.613. The van der Waals surface area contributed by atoms with Crippen LogP contribution in [-0.2, 0) is 0 Å². The second kappa shape index (κ2) is 5.48. The van der Waals surface area contributed by atoms with Crippen molar-refractivity contribution in [1.29, 1.82) is 5.26 Å². The van der Waals surface area contributed by atoms with Gasteiger partial charge in [-0.05, 0) is 47.6 Å². The molecule has 0 aliphatic heterocycles. The monoisotopic (exact) mass is 262 g/mol. The maximum Gasteiger partial charge on any atom is 0.0991 e. The van der Waals surface area contributed by atoms with Crippen molar-refractivity contribution in [3.05, 3.63) is 59.7 Å². The molecule has 2 unspecified atom stereocenters. The molecule has 2 N–H and O–H groups in total. The summed E-state index contributed by atoms with van der Waals surface area (Å²) >= 11 is 0. The molecule has 100 valence electrons. The summed E-state index contributed by atoms with van der Waals surface area (Å²) in [6, 6.07) is 18.9. The molecule has 1 saturated carbocycles. The van der Waals surface area contributed by atoms with E-state index in [1.54, 1.807) is 0 Å². The van der Waals surface area contributed by atoms with Crippen molar-refractivity contribution in [3.63, 3.8) is 0 Å². The van der Waals surface area contributed by atoms with Gasteiger partial charge in [0.1, 0.15) is 0 Å². The van der Waals surface area contributed by atoms with Crippen molar-refractivity contribution in [1.82, 2.24) is 0 Å². The molecule has 0 radical (unpaired) electrons. The molecule has 1 aliphatic carbocycles. The zero-order valence-corrected chi connectivity index (χ0v) is 11.4. The van der Waals surface area contributed by atoms with Gasteiger partial charge in [0.05, 0.1) is 11.6 Å². The molecule has 0 spiro atoms. The van der Waals surface area contributed by atoms with E-state index < -0.39 is 0 Å². The first-order valence-electron chi connectivity index (χ1n) is 7.14. The van der Waals surface area contributed by atoms with Crippen molar-refractivity contribution >= 4 is 0 Å². The summed E-state index contributed by atoms with van der Waals surface area (Å²) in [7, 11) is 0. The van der Waals surface area contributed by atoms with Crippen LogP contribution in [0.5, 0.6) is 0 Å². The van der Waals surface area contributed by atoms with Crippen LogP contribution >= 0.6 is 0 Å². The van der Waals surface area contributed by atoms with Crippen LogP contribution in [0.4, 0.5) is 0 Å². The van der Waals surface area contributed by atoms with Crippen molar-refractivity contribution < 1.29 is 0 Å². The van der Waals surface area contributed by atoms with Gasteiger partial charge in [-0.3, -0.25) is 0 Å². The first kappa shape index (κ1) is 12.9. The minimum atomic E-state index is 0.316. The minimum absolute atomic E-state index is 0.316. The Morgan fingerprint density at radius 3 is 2.00 bits per heavy atom. The van der Waals surface area contributed by atoms with Gasteiger partial charge in [0.15, 0.2) is 0 Å². The SMILES string of the molecule is N#Cc1ccc(-c2ccc(C3CCCC3N)cc2)cc1. The number of benzene rings is 2. The van der Waals surface area contributed by atoms with Crippen LogP contribution in [0.25, 0.3) is 11.1 Å². The highest BCUT2D eigenvalue weighted by molar-refractivity contribution is 5.64. The number of rotatable bonds is 2. The Hall–Kier alpha value is -2.11. The van der Waals surface area contributed by atoms with Crippen molar-refractivity contribution in [2.75, 3.05) is 0 Å². The fourth-order valence-corrected chi connectivity index (χ4v) is 3.06. The molecule has 2 nitrogen and oxygen atoms in total. The molecule has 20 heavy (non-hydrogen) atoms. The lowest BCUT2D eigenvalue weighted by Gasteiger charge is -2.16. The van der Waals surface area contributed by atoms with Crippen LogP contribution in [0, 0.1) is 11.3 Å². The highest BCUT2D eigenvalue weighted by Gasteiger charge is 2.25. The summed E-state index contributed by atoms with van der Waals surface area (Å²) in [5.41, 5.74) is 10.5. The third-order valence-corrected chi connectivity index (χ3v) is 4.26. The summed E-state index contributed by atoms with van der Waals surface area (Å²) in [6.07, 6.45) is 3.59. The van der Waals surface area contributed by atoms with E-state index in [-0.39, 0.29) is 0 Å². The van der Waals surface area contributed by atoms with E-state index in [0.29, 0.717) is 17.5 Å². The average Bonchev–Trinajstić information content (AvgIpc) is 2.94. The molecule has 3 rings (SSSR count). The Labute approximate surface area is 119 Å². The fourth-order valence-electron chi connectivity index (χ4n) is 3.06. The van der Waals surface area contributed by atoms with Gasteiger partial charge >= 0.3 is 0 Å². The van der Waals surface area contributed by atoms with Gasteiger partial charge in [-0.15, -0.1) is 0 Å². The molecule has 0 heterocycles. The minimum Gasteiger partial charge on any atom is -0.327 e.